The smallest absolute Gasteiger partial charge is 0.309 e. The van der Waals surface area contributed by atoms with Crippen molar-refractivity contribution < 1.29 is 9.53 Å². The minimum absolute atomic E-state index is 0.0906. The third-order valence-electron chi connectivity index (χ3n) is 4.58. The molecule has 0 aliphatic heterocycles. The van der Waals surface area contributed by atoms with Crippen LogP contribution in [0.15, 0.2) is 0 Å². The lowest BCUT2D eigenvalue weighted by atomic mass is 9.92. The number of ether oxygens (including phenoxy) is 1. The Bertz CT molecular complexity index is 261. The summed E-state index contributed by atoms with van der Waals surface area (Å²) >= 11 is 0. The van der Waals surface area contributed by atoms with Crippen LogP contribution in [0.25, 0.3) is 0 Å². The lowest BCUT2D eigenvalue weighted by Crippen LogP contribution is -2.15. The van der Waals surface area contributed by atoms with Gasteiger partial charge in [0.05, 0.1) is 12.5 Å². The maximum Gasteiger partial charge on any atom is 0.309 e. The van der Waals surface area contributed by atoms with Crippen LogP contribution in [0.2, 0.25) is 0 Å². The summed E-state index contributed by atoms with van der Waals surface area (Å²) in [4.78, 5) is 11.6. The number of hydrogen-bond acceptors (Lipinski definition) is 2. The van der Waals surface area contributed by atoms with Crippen molar-refractivity contribution in [1.82, 2.24) is 0 Å². The van der Waals surface area contributed by atoms with E-state index in [0.29, 0.717) is 18.4 Å². The van der Waals surface area contributed by atoms with Crippen LogP contribution in [0.4, 0.5) is 0 Å². The number of carbonyl (C=O) groups excluding carboxylic acids is 1. The maximum atomic E-state index is 11.6. The molecular weight excluding hydrogens is 176 g/mol. The van der Waals surface area contributed by atoms with Gasteiger partial charge in [0.15, 0.2) is 0 Å². The fourth-order valence-corrected chi connectivity index (χ4v) is 4.07. The molecule has 14 heavy (non-hydrogen) atoms. The van der Waals surface area contributed by atoms with Crippen LogP contribution in [0.3, 0.4) is 0 Å². The lowest BCUT2D eigenvalue weighted by molar-refractivity contribution is -0.145. The molecule has 0 heterocycles. The fraction of sp³-hybridized carbons (Fsp3) is 0.917. The molecule has 78 valence electrons. The average molecular weight is 194 g/mol. The summed E-state index contributed by atoms with van der Waals surface area (Å²) in [7, 11) is 0. The molecule has 3 saturated carbocycles. The first-order valence-electron chi connectivity index (χ1n) is 5.99. The third kappa shape index (κ3) is 1.06. The van der Waals surface area contributed by atoms with Crippen LogP contribution in [-0.4, -0.2) is 12.6 Å². The van der Waals surface area contributed by atoms with Gasteiger partial charge in [-0.2, -0.15) is 0 Å². The first kappa shape index (κ1) is 8.75. The SMILES string of the molecule is CCOC(=O)C1C2CC3CCCC3C21. The standard InChI is InChI=1S/C12H18O2/c1-2-14-12(13)11-9-6-7-4-3-5-8(7)10(9)11/h7-11H,2-6H2,1H3. The summed E-state index contributed by atoms with van der Waals surface area (Å²) in [5.41, 5.74) is 0. The largest absolute Gasteiger partial charge is 0.466 e. The Morgan fingerprint density at radius 3 is 3.00 bits per heavy atom. The molecule has 0 radical (unpaired) electrons. The van der Waals surface area contributed by atoms with Gasteiger partial charge in [-0.25, -0.2) is 0 Å². The Morgan fingerprint density at radius 1 is 1.36 bits per heavy atom. The summed E-state index contributed by atoms with van der Waals surface area (Å²) in [6, 6.07) is 0. The van der Waals surface area contributed by atoms with Crippen molar-refractivity contribution in [2.24, 2.45) is 29.6 Å². The Hall–Kier alpha value is -0.530. The number of fused-ring (bicyclic) bond motifs is 3. The molecule has 2 nitrogen and oxygen atoms in total. The summed E-state index contributed by atoms with van der Waals surface area (Å²) in [5, 5.41) is 0. The van der Waals surface area contributed by atoms with Gasteiger partial charge in [0.2, 0.25) is 0 Å². The Morgan fingerprint density at radius 2 is 2.21 bits per heavy atom. The molecule has 0 aromatic rings. The lowest BCUT2D eigenvalue weighted by Gasteiger charge is -2.14. The van der Waals surface area contributed by atoms with Gasteiger partial charge in [0.1, 0.15) is 0 Å². The molecule has 0 aromatic heterocycles. The minimum Gasteiger partial charge on any atom is -0.466 e. The summed E-state index contributed by atoms with van der Waals surface area (Å²) in [6.07, 6.45) is 5.52. The molecule has 0 saturated heterocycles. The predicted octanol–water partition coefficient (Wildman–Crippen LogP) is 2.23. The Labute approximate surface area is 85.0 Å². The van der Waals surface area contributed by atoms with E-state index in [4.69, 9.17) is 4.74 Å². The normalized spacial score (nSPS) is 48.5. The highest BCUT2D eigenvalue weighted by atomic mass is 16.5. The van der Waals surface area contributed by atoms with E-state index in [1.54, 1.807) is 0 Å². The van der Waals surface area contributed by atoms with Gasteiger partial charge in [0.25, 0.3) is 0 Å². The van der Waals surface area contributed by atoms with Gasteiger partial charge >= 0.3 is 5.97 Å². The zero-order valence-electron chi connectivity index (χ0n) is 8.74. The zero-order chi connectivity index (χ0) is 9.71. The van der Waals surface area contributed by atoms with E-state index in [2.05, 4.69) is 0 Å². The van der Waals surface area contributed by atoms with Gasteiger partial charge in [-0.15, -0.1) is 0 Å². The van der Waals surface area contributed by atoms with Crippen LogP contribution in [0.5, 0.6) is 0 Å². The van der Waals surface area contributed by atoms with Gasteiger partial charge in [-0.3, -0.25) is 4.79 Å². The molecule has 3 aliphatic carbocycles. The van der Waals surface area contributed by atoms with E-state index >= 15 is 0 Å². The van der Waals surface area contributed by atoms with Gasteiger partial charge in [0, 0.05) is 0 Å². The van der Waals surface area contributed by atoms with Crippen molar-refractivity contribution in [3.05, 3.63) is 0 Å². The molecule has 0 spiro atoms. The van der Waals surface area contributed by atoms with Crippen molar-refractivity contribution in [2.75, 3.05) is 6.61 Å². The first-order valence-corrected chi connectivity index (χ1v) is 5.99. The molecule has 0 bridgehead atoms. The van der Waals surface area contributed by atoms with Crippen LogP contribution in [-0.2, 0) is 9.53 Å². The topological polar surface area (TPSA) is 26.3 Å². The molecule has 3 rings (SSSR count). The quantitative estimate of drug-likeness (QED) is 0.630. The van der Waals surface area contributed by atoms with Crippen LogP contribution in [0, 0.1) is 29.6 Å². The zero-order valence-corrected chi connectivity index (χ0v) is 8.74. The van der Waals surface area contributed by atoms with Crippen molar-refractivity contribution in [1.29, 1.82) is 0 Å². The summed E-state index contributed by atoms with van der Waals surface area (Å²) < 4.78 is 5.11. The van der Waals surface area contributed by atoms with E-state index < -0.39 is 0 Å². The minimum atomic E-state index is 0.0906. The van der Waals surface area contributed by atoms with Crippen LogP contribution >= 0.6 is 0 Å². The number of carbonyl (C=O) groups is 1. The summed E-state index contributed by atoms with van der Waals surface area (Å²) in [6.45, 7) is 2.44. The second-order valence-corrected chi connectivity index (χ2v) is 5.11. The van der Waals surface area contributed by atoms with E-state index in [9.17, 15) is 4.79 Å². The number of hydrogen-bond donors (Lipinski definition) is 0. The third-order valence-corrected chi connectivity index (χ3v) is 4.58. The molecule has 3 aliphatic rings. The van der Waals surface area contributed by atoms with E-state index in [1.165, 1.54) is 25.7 Å². The predicted molar refractivity (Wildman–Crippen MR) is 52.6 cm³/mol. The van der Waals surface area contributed by atoms with Gasteiger partial charge in [-0.1, -0.05) is 12.8 Å². The van der Waals surface area contributed by atoms with Crippen molar-refractivity contribution >= 4 is 5.97 Å². The van der Waals surface area contributed by atoms with Crippen molar-refractivity contribution in [3.63, 3.8) is 0 Å². The van der Waals surface area contributed by atoms with Crippen molar-refractivity contribution in [3.8, 4) is 0 Å². The monoisotopic (exact) mass is 194 g/mol. The van der Waals surface area contributed by atoms with Gasteiger partial charge in [-0.05, 0) is 43.4 Å². The Kier molecular flexibility index (Phi) is 1.86. The molecule has 5 unspecified atom stereocenters. The summed E-state index contributed by atoms with van der Waals surface area (Å²) in [5.74, 6) is 3.68. The van der Waals surface area contributed by atoms with Crippen LogP contribution < -0.4 is 0 Å². The highest BCUT2D eigenvalue weighted by Crippen LogP contribution is 2.67. The second kappa shape index (κ2) is 2.98. The fourth-order valence-electron chi connectivity index (χ4n) is 4.07. The molecule has 3 fully saturated rings. The highest BCUT2D eigenvalue weighted by molar-refractivity contribution is 5.77. The van der Waals surface area contributed by atoms with E-state index in [-0.39, 0.29) is 5.97 Å². The van der Waals surface area contributed by atoms with Gasteiger partial charge < -0.3 is 4.74 Å². The highest BCUT2D eigenvalue weighted by Gasteiger charge is 2.65. The second-order valence-electron chi connectivity index (χ2n) is 5.11. The van der Waals surface area contributed by atoms with Crippen LogP contribution in [0.1, 0.15) is 32.6 Å². The molecule has 0 amide bonds. The molecule has 0 N–H and O–H groups in total. The average Bonchev–Trinajstić information content (AvgIpc) is 2.56. The number of esters is 1. The molecular formula is C12H18O2. The first-order chi connectivity index (χ1) is 6.83. The molecule has 0 aromatic carbocycles. The Balaban J connectivity index is 1.65. The van der Waals surface area contributed by atoms with E-state index in [1.807, 2.05) is 6.92 Å². The van der Waals surface area contributed by atoms with Crippen molar-refractivity contribution in [2.45, 2.75) is 32.6 Å². The molecule has 5 atom stereocenters. The molecule has 2 heteroatoms. The number of rotatable bonds is 2. The van der Waals surface area contributed by atoms with E-state index in [0.717, 1.165) is 17.8 Å². The maximum absolute atomic E-state index is 11.6.